The lowest BCUT2D eigenvalue weighted by molar-refractivity contribution is -0.292. The van der Waals surface area contributed by atoms with Crippen LogP contribution in [0.1, 0.15) is 96.3 Å². The van der Waals surface area contributed by atoms with Gasteiger partial charge in [0, 0.05) is 51.2 Å². The van der Waals surface area contributed by atoms with Crippen molar-refractivity contribution in [3.8, 4) is 0 Å². The van der Waals surface area contributed by atoms with Crippen LogP contribution in [0.3, 0.4) is 0 Å². The van der Waals surface area contributed by atoms with Crippen LogP contribution in [0.5, 0.6) is 0 Å². The first-order chi connectivity index (χ1) is 25.5. The number of rotatable bonds is 10. The van der Waals surface area contributed by atoms with Crippen LogP contribution < -0.4 is 0 Å². The number of ether oxygens (including phenoxy) is 7. The predicted octanol–water partition coefficient (Wildman–Crippen LogP) is 6.21. The molecule has 1 N–H and O–H groups in total. The van der Waals surface area contributed by atoms with Crippen LogP contribution in [0.25, 0.3) is 0 Å². The van der Waals surface area contributed by atoms with Gasteiger partial charge in [-0.2, -0.15) is 0 Å². The summed E-state index contributed by atoms with van der Waals surface area (Å²) in [7, 11) is 7.39. The van der Waals surface area contributed by atoms with E-state index in [4.69, 9.17) is 34.5 Å². The molecule has 0 aromatic rings. The van der Waals surface area contributed by atoms with Gasteiger partial charge in [-0.25, -0.2) is 0 Å². The van der Waals surface area contributed by atoms with Gasteiger partial charge in [0.25, 0.3) is 0 Å². The number of methoxy groups -OCH3 is 2. The minimum Gasteiger partial charge on any atom is -0.462 e. The van der Waals surface area contributed by atoms with Crippen LogP contribution >= 0.6 is 0 Å². The second-order valence-corrected chi connectivity index (χ2v) is 16.3. The van der Waals surface area contributed by atoms with Crippen molar-refractivity contribution in [2.24, 2.45) is 41.4 Å². The first kappa shape index (κ1) is 44.0. The van der Waals surface area contributed by atoms with Gasteiger partial charge < -0.3 is 43.2 Å². The van der Waals surface area contributed by atoms with Crippen molar-refractivity contribution < 1.29 is 49.2 Å². The van der Waals surface area contributed by atoms with E-state index < -0.39 is 54.8 Å². The Morgan fingerprint density at radius 1 is 0.868 bits per heavy atom. The number of esters is 1. The van der Waals surface area contributed by atoms with E-state index in [0.29, 0.717) is 19.3 Å². The molecule has 2 fully saturated rings. The van der Waals surface area contributed by atoms with Crippen molar-refractivity contribution in [1.82, 2.24) is 4.90 Å². The molecular formula is C42H73NO10. The van der Waals surface area contributed by atoms with Crippen LogP contribution in [0.4, 0.5) is 0 Å². The van der Waals surface area contributed by atoms with Gasteiger partial charge in [-0.1, -0.05) is 72.6 Å². The van der Waals surface area contributed by atoms with Gasteiger partial charge in [-0.15, -0.1) is 0 Å². The lowest BCUT2D eigenvalue weighted by atomic mass is 9.79. The number of nitrogens with zero attached hydrogens (tertiary/aromatic N) is 1. The van der Waals surface area contributed by atoms with Crippen LogP contribution in [-0.4, -0.2) is 118 Å². The van der Waals surface area contributed by atoms with E-state index in [0.717, 1.165) is 5.57 Å². The quantitative estimate of drug-likeness (QED) is 0.257. The molecule has 0 bridgehead atoms. The third-order valence-corrected chi connectivity index (χ3v) is 12.3. The van der Waals surface area contributed by atoms with E-state index in [1.807, 2.05) is 40.7 Å². The highest BCUT2D eigenvalue weighted by Crippen LogP contribution is 2.38. The van der Waals surface area contributed by atoms with Crippen molar-refractivity contribution in [2.75, 3.05) is 34.9 Å². The highest BCUT2D eigenvalue weighted by Gasteiger charge is 2.46. The van der Waals surface area contributed by atoms with Crippen LogP contribution in [0.15, 0.2) is 23.8 Å². The number of allylic oxidation sites excluding steroid dienone is 3. The van der Waals surface area contributed by atoms with Crippen LogP contribution in [0.2, 0.25) is 0 Å². The largest absolute Gasteiger partial charge is 0.462 e. The van der Waals surface area contributed by atoms with Gasteiger partial charge >= 0.3 is 5.97 Å². The molecular weight excluding hydrogens is 678 g/mol. The predicted molar refractivity (Wildman–Crippen MR) is 205 cm³/mol. The second-order valence-electron chi connectivity index (χ2n) is 16.3. The molecule has 0 amide bonds. The third kappa shape index (κ3) is 11.7. The second kappa shape index (κ2) is 21.0. The first-order valence-corrected chi connectivity index (χ1v) is 19.9. The molecule has 0 spiro atoms. The molecule has 2 saturated heterocycles. The molecule has 306 valence electrons. The molecule has 0 aromatic heterocycles. The van der Waals surface area contributed by atoms with Gasteiger partial charge in [0.2, 0.25) is 0 Å². The maximum atomic E-state index is 13.7. The van der Waals surface area contributed by atoms with E-state index in [2.05, 4.69) is 46.7 Å². The molecule has 0 aromatic carbocycles. The Balaban J connectivity index is 1.96. The summed E-state index contributed by atoms with van der Waals surface area (Å²) in [5, 5.41) is 11.7. The smallest absolute Gasteiger partial charge is 0.308 e. The van der Waals surface area contributed by atoms with Crippen LogP contribution in [-0.2, 0) is 42.7 Å². The number of aliphatic hydroxyl groups is 1. The molecule has 11 nitrogen and oxygen atoms in total. The van der Waals surface area contributed by atoms with E-state index in [-0.39, 0.29) is 79.7 Å². The number of hydrogen-bond donors (Lipinski definition) is 1. The Kier molecular flexibility index (Phi) is 17.4. The Labute approximate surface area is 321 Å². The zero-order valence-electron chi connectivity index (χ0n) is 35.9. The number of aliphatic hydroxyl groups excluding tert-OH is 1. The Morgan fingerprint density at radius 2 is 1.51 bits per heavy atom. The first-order valence-electron chi connectivity index (χ1n) is 20.6. The van der Waals surface area contributed by atoms with Crippen molar-refractivity contribution in [1.29, 1.82) is 0 Å². The third-order valence-electron chi connectivity index (χ3n) is 12.3. The summed E-state index contributed by atoms with van der Waals surface area (Å²) in [6.45, 7) is 18.3. The fourth-order valence-corrected chi connectivity index (χ4v) is 8.65. The molecule has 0 radical (unpaired) electrons. The summed E-state index contributed by atoms with van der Waals surface area (Å²) < 4.78 is 51.9. The summed E-state index contributed by atoms with van der Waals surface area (Å²) >= 11 is 0. The lowest BCUT2D eigenvalue weighted by Gasteiger charge is -2.48. The van der Waals surface area contributed by atoms with E-state index in [1.54, 1.807) is 26.4 Å². The summed E-state index contributed by atoms with van der Waals surface area (Å²) in [6, 6.07) is 0.193. The zero-order chi connectivity index (χ0) is 40.4. The number of carbonyl (C=O) groups excluding carboxylic acids is 2. The lowest BCUT2D eigenvalue weighted by Crippen LogP contribution is -2.56. The monoisotopic (exact) mass is 754 g/mol. The highest BCUT2D eigenvalue weighted by molar-refractivity contribution is 5.91. The molecule has 0 saturated carbocycles. The van der Waals surface area contributed by atoms with Gasteiger partial charge in [0.05, 0.1) is 43.5 Å². The molecule has 11 heteroatoms. The number of cyclic esters (lactones) is 1. The molecule has 53 heavy (non-hydrogen) atoms. The number of carbonyl (C=O) groups is 2. The molecule has 3 heterocycles. The molecule has 0 unspecified atom stereocenters. The molecule has 17 atom stereocenters. The normalized spacial score (nSPS) is 44.5. The van der Waals surface area contributed by atoms with Gasteiger partial charge in [-0.05, 0) is 65.6 Å². The average molecular weight is 754 g/mol. The topological polar surface area (TPSA) is 122 Å². The Bertz CT molecular complexity index is 1230. The molecule has 3 aliphatic heterocycles. The van der Waals surface area contributed by atoms with Gasteiger partial charge in [-0.3, -0.25) is 9.59 Å². The minimum absolute atomic E-state index is 0.00362. The van der Waals surface area contributed by atoms with E-state index >= 15 is 0 Å². The maximum absolute atomic E-state index is 13.7. The highest BCUT2D eigenvalue weighted by atomic mass is 16.7. The number of hydrogen-bond acceptors (Lipinski definition) is 11. The summed E-state index contributed by atoms with van der Waals surface area (Å²) in [5.41, 5.74) is 0.815. The van der Waals surface area contributed by atoms with Crippen molar-refractivity contribution in [3.63, 3.8) is 0 Å². The van der Waals surface area contributed by atoms with Crippen molar-refractivity contribution in [3.05, 3.63) is 23.8 Å². The van der Waals surface area contributed by atoms with Gasteiger partial charge in [0.15, 0.2) is 18.4 Å². The van der Waals surface area contributed by atoms with Crippen molar-refractivity contribution >= 4 is 11.8 Å². The summed E-state index contributed by atoms with van der Waals surface area (Å²) in [5.74, 6) is -1.74. The molecule has 3 aliphatic rings. The summed E-state index contributed by atoms with van der Waals surface area (Å²) in [4.78, 5) is 29.5. The Hall–Kier alpha value is -1.70. The average Bonchev–Trinajstić information content (AvgIpc) is 3.12. The van der Waals surface area contributed by atoms with Crippen LogP contribution in [0, 0.1) is 41.4 Å². The van der Waals surface area contributed by atoms with E-state index in [9.17, 15) is 14.7 Å². The molecule has 0 aliphatic carbocycles. The molecule has 3 rings (SSSR count). The fourth-order valence-electron chi connectivity index (χ4n) is 8.65. The van der Waals surface area contributed by atoms with Crippen molar-refractivity contribution in [2.45, 2.75) is 156 Å². The standard InChI is InChI=1S/C42H73NO10/c1-15-31-20-24(4)33(44)18-17-23(3)19-32(22-49-42-40(48-14)39(47-13)26(6)30(10)51-42)35(16-2)52-36(46)21-34(45)27(7)38(31)53-41-28(8)37(43(11)12)25(5)29(9)50-41/h17-19,24-32,34-35,37-42,45H,15-16,20-22H2,1-14H3/b18-17+,23-19+/t24-,25-,26-,27+,28-,29-,30-,31+,32-,34-,35-,37+,38-,39-,40-,41+,42-/m1/s1/i1T. The fraction of sp³-hybridized carbons (Fsp3) is 0.857. The number of ketones is 1. The van der Waals surface area contributed by atoms with Gasteiger partial charge in [0.1, 0.15) is 12.2 Å². The van der Waals surface area contributed by atoms with E-state index in [1.165, 1.54) is 0 Å². The summed E-state index contributed by atoms with van der Waals surface area (Å²) in [6.07, 6.45) is 2.06. The maximum Gasteiger partial charge on any atom is 0.308 e. The SMILES string of the molecule is [3H]CC[C@H]1C[C@@H](C)C(=O)/C=C/C(C)=C/[C@H](CO[C@@H]2O[C@H](C)[C@@H](C)[C@@H](OC)[C@H]2OC)[C@@H](CC)OC(=O)C[C@@H](O)[C@H](C)[C@H]1O[C@@H]1O[C@H](C)[C@@H](C)[C@H](N(C)C)[C@H]1C. The Morgan fingerprint density at radius 3 is 2.11 bits per heavy atom. The minimum atomic E-state index is -1.11. The zero-order valence-corrected chi connectivity index (χ0v) is 34.9.